The maximum absolute atomic E-state index is 14.2. The van der Waals surface area contributed by atoms with Gasteiger partial charge in [0.25, 0.3) is 5.91 Å². The molecule has 0 fully saturated rings. The summed E-state index contributed by atoms with van der Waals surface area (Å²) in [6.07, 6.45) is 0.0716. The van der Waals surface area contributed by atoms with E-state index in [0.717, 1.165) is 0 Å². The average Bonchev–Trinajstić information content (AvgIpc) is 3.23. The van der Waals surface area contributed by atoms with Crippen molar-refractivity contribution in [3.63, 3.8) is 0 Å². The number of carbonyl (C=O) groups excluding carboxylic acids is 2. The fraction of sp³-hybridized carbons (Fsp3) is 0.263. The number of esters is 1. The zero-order valence-corrected chi connectivity index (χ0v) is 14.9. The molecule has 1 N–H and O–H groups in total. The van der Waals surface area contributed by atoms with Gasteiger partial charge in [0.15, 0.2) is 5.58 Å². The molecule has 3 rings (SSSR count). The summed E-state index contributed by atoms with van der Waals surface area (Å²) in [5.74, 6) is -2.04. The first-order chi connectivity index (χ1) is 13.0. The number of furan rings is 1. The topological polar surface area (TPSA) is 82.7 Å². The standard InChI is InChI=1S/C19H19FN2O5/c1-22-14-7-9-26-16(14)11-15(22)19(24)27-17(18(23)21-8-10-25-2)12-5-3-4-6-13(12)20/h3-7,9,11,17H,8,10H2,1-2H3,(H,21,23)/t17-/m0/s1. The molecule has 0 bridgehead atoms. The summed E-state index contributed by atoms with van der Waals surface area (Å²) in [5, 5.41) is 2.57. The van der Waals surface area contributed by atoms with Gasteiger partial charge in [0, 0.05) is 38.4 Å². The van der Waals surface area contributed by atoms with Gasteiger partial charge in [-0.15, -0.1) is 0 Å². The summed E-state index contributed by atoms with van der Waals surface area (Å²) >= 11 is 0. The SMILES string of the molecule is COCCNC(=O)[C@@H](OC(=O)c1cc2occc2n1C)c1ccccc1F. The number of hydrogen-bond donors (Lipinski definition) is 1. The lowest BCUT2D eigenvalue weighted by Crippen LogP contribution is -2.34. The van der Waals surface area contributed by atoms with Crippen LogP contribution in [0.3, 0.4) is 0 Å². The van der Waals surface area contributed by atoms with Crippen LogP contribution in [0, 0.1) is 5.82 Å². The Morgan fingerprint density at radius 2 is 2.07 bits per heavy atom. The molecule has 142 valence electrons. The van der Waals surface area contributed by atoms with Crippen molar-refractivity contribution in [2.24, 2.45) is 7.05 Å². The lowest BCUT2D eigenvalue weighted by molar-refractivity contribution is -0.130. The third-order valence-electron chi connectivity index (χ3n) is 4.13. The third-order valence-corrected chi connectivity index (χ3v) is 4.13. The second-order valence-corrected chi connectivity index (χ2v) is 5.85. The van der Waals surface area contributed by atoms with Gasteiger partial charge in [0.1, 0.15) is 11.5 Å². The van der Waals surface area contributed by atoms with Crippen LogP contribution in [0.1, 0.15) is 22.2 Å². The van der Waals surface area contributed by atoms with Gasteiger partial charge in [-0.3, -0.25) is 4.79 Å². The highest BCUT2D eigenvalue weighted by atomic mass is 19.1. The lowest BCUT2D eigenvalue weighted by Gasteiger charge is -2.18. The predicted molar refractivity (Wildman–Crippen MR) is 94.6 cm³/mol. The first kappa shape index (κ1) is 18.7. The molecule has 3 aromatic rings. The predicted octanol–water partition coefficient (Wildman–Crippen LogP) is 2.57. The van der Waals surface area contributed by atoms with Crippen LogP contribution in [0.5, 0.6) is 0 Å². The van der Waals surface area contributed by atoms with Gasteiger partial charge in [0.2, 0.25) is 6.10 Å². The maximum atomic E-state index is 14.2. The molecule has 2 aromatic heterocycles. The van der Waals surface area contributed by atoms with E-state index in [1.807, 2.05) is 0 Å². The summed E-state index contributed by atoms with van der Waals surface area (Å²) in [7, 11) is 3.16. The van der Waals surface area contributed by atoms with Crippen molar-refractivity contribution in [3.05, 3.63) is 59.7 Å². The van der Waals surface area contributed by atoms with Crippen molar-refractivity contribution in [1.29, 1.82) is 0 Å². The minimum atomic E-state index is -1.43. The van der Waals surface area contributed by atoms with Gasteiger partial charge in [-0.05, 0) is 6.07 Å². The van der Waals surface area contributed by atoms with Crippen molar-refractivity contribution < 1.29 is 27.9 Å². The number of nitrogens with zero attached hydrogens (tertiary/aromatic N) is 1. The number of aromatic nitrogens is 1. The molecule has 8 heteroatoms. The molecule has 0 aliphatic rings. The monoisotopic (exact) mass is 374 g/mol. The number of halogens is 1. The molecule has 0 radical (unpaired) electrons. The molecular formula is C19H19FN2O5. The van der Waals surface area contributed by atoms with Crippen LogP contribution in [0.15, 0.2) is 47.1 Å². The molecule has 0 saturated carbocycles. The molecule has 7 nitrogen and oxygen atoms in total. The number of amides is 1. The molecule has 1 aromatic carbocycles. The van der Waals surface area contributed by atoms with Crippen LogP contribution in [-0.4, -0.2) is 36.7 Å². The fourth-order valence-corrected chi connectivity index (χ4v) is 2.73. The quantitative estimate of drug-likeness (QED) is 0.508. The van der Waals surface area contributed by atoms with Gasteiger partial charge in [-0.2, -0.15) is 0 Å². The maximum Gasteiger partial charge on any atom is 0.356 e. The molecule has 2 heterocycles. The van der Waals surface area contributed by atoms with E-state index in [1.165, 1.54) is 37.6 Å². The Morgan fingerprint density at radius 3 is 2.78 bits per heavy atom. The Balaban J connectivity index is 1.87. The zero-order chi connectivity index (χ0) is 19.4. The molecule has 27 heavy (non-hydrogen) atoms. The van der Waals surface area contributed by atoms with Crippen molar-refractivity contribution in [2.45, 2.75) is 6.10 Å². The largest absolute Gasteiger partial charge is 0.463 e. The molecule has 1 atom stereocenters. The number of fused-ring (bicyclic) bond motifs is 1. The van der Waals surface area contributed by atoms with Crippen molar-refractivity contribution in [2.75, 3.05) is 20.3 Å². The molecular weight excluding hydrogens is 355 g/mol. The van der Waals surface area contributed by atoms with Crippen LogP contribution in [-0.2, 0) is 21.3 Å². The minimum absolute atomic E-state index is 0.0290. The number of benzene rings is 1. The van der Waals surface area contributed by atoms with Crippen LogP contribution >= 0.6 is 0 Å². The summed E-state index contributed by atoms with van der Waals surface area (Å²) in [5.41, 5.74) is 1.37. The van der Waals surface area contributed by atoms with Gasteiger partial charge in [-0.25, -0.2) is 9.18 Å². The fourth-order valence-electron chi connectivity index (χ4n) is 2.73. The van der Waals surface area contributed by atoms with E-state index in [1.54, 1.807) is 23.7 Å². The van der Waals surface area contributed by atoms with E-state index < -0.39 is 23.8 Å². The lowest BCUT2D eigenvalue weighted by atomic mass is 10.1. The number of hydrogen-bond acceptors (Lipinski definition) is 5. The van der Waals surface area contributed by atoms with Gasteiger partial charge >= 0.3 is 5.97 Å². The summed E-state index contributed by atoms with van der Waals surface area (Å²) in [6, 6.07) is 8.88. The van der Waals surface area contributed by atoms with E-state index in [2.05, 4.69) is 5.32 Å². The number of nitrogens with one attached hydrogen (secondary N) is 1. The number of methoxy groups -OCH3 is 1. The van der Waals surface area contributed by atoms with E-state index in [0.29, 0.717) is 11.1 Å². The number of rotatable bonds is 7. The van der Waals surface area contributed by atoms with Crippen molar-refractivity contribution in [1.82, 2.24) is 9.88 Å². The average molecular weight is 374 g/mol. The van der Waals surface area contributed by atoms with Gasteiger partial charge in [-0.1, -0.05) is 18.2 Å². The van der Waals surface area contributed by atoms with Gasteiger partial charge in [0.05, 0.1) is 18.4 Å². The van der Waals surface area contributed by atoms with Crippen LogP contribution in [0.2, 0.25) is 0 Å². The molecule has 0 saturated heterocycles. The van der Waals surface area contributed by atoms with Gasteiger partial charge < -0.3 is 23.8 Å². The Labute approximate surface area is 154 Å². The van der Waals surface area contributed by atoms with E-state index in [-0.39, 0.29) is 24.4 Å². The highest BCUT2D eigenvalue weighted by Crippen LogP contribution is 2.25. The number of aryl methyl sites for hydroxylation is 1. The first-order valence-corrected chi connectivity index (χ1v) is 8.28. The van der Waals surface area contributed by atoms with Crippen LogP contribution in [0.4, 0.5) is 4.39 Å². The second kappa shape index (κ2) is 8.05. The number of carbonyl (C=O) groups is 2. The van der Waals surface area contributed by atoms with Crippen molar-refractivity contribution >= 4 is 23.0 Å². The highest BCUT2D eigenvalue weighted by molar-refractivity contribution is 5.95. The highest BCUT2D eigenvalue weighted by Gasteiger charge is 2.29. The molecule has 0 unspecified atom stereocenters. The Morgan fingerprint density at radius 1 is 1.30 bits per heavy atom. The van der Waals surface area contributed by atoms with E-state index in [4.69, 9.17) is 13.9 Å². The Hall–Kier alpha value is -3.13. The second-order valence-electron chi connectivity index (χ2n) is 5.85. The van der Waals surface area contributed by atoms with Crippen LogP contribution < -0.4 is 5.32 Å². The first-order valence-electron chi connectivity index (χ1n) is 8.28. The van der Waals surface area contributed by atoms with E-state index >= 15 is 0 Å². The summed E-state index contributed by atoms with van der Waals surface area (Å²) in [4.78, 5) is 25.2. The zero-order valence-electron chi connectivity index (χ0n) is 14.9. The molecule has 0 spiro atoms. The normalized spacial score (nSPS) is 12.1. The summed E-state index contributed by atoms with van der Waals surface area (Å²) in [6.45, 7) is 0.479. The molecule has 0 aliphatic carbocycles. The smallest absolute Gasteiger partial charge is 0.356 e. The van der Waals surface area contributed by atoms with Crippen LogP contribution in [0.25, 0.3) is 11.1 Å². The Kier molecular flexibility index (Phi) is 5.56. The number of ether oxygens (including phenoxy) is 2. The van der Waals surface area contributed by atoms with Crippen molar-refractivity contribution in [3.8, 4) is 0 Å². The summed E-state index contributed by atoms with van der Waals surface area (Å²) < 4.78 is 31.3. The third kappa shape index (κ3) is 3.85. The minimum Gasteiger partial charge on any atom is -0.463 e. The Bertz CT molecular complexity index is 962. The van der Waals surface area contributed by atoms with E-state index in [9.17, 15) is 14.0 Å². The molecule has 0 aliphatic heterocycles. The molecule has 1 amide bonds.